The minimum atomic E-state index is -1.02. The van der Waals surface area contributed by atoms with Gasteiger partial charge in [-0.2, -0.15) is 0 Å². The summed E-state index contributed by atoms with van der Waals surface area (Å²) in [6.45, 7) is 0.381. The largest absolute Gasteiger partial charge is 0.482 e. The van der Waals surface area contributed by atoms with Crippen molar-refractivity contribution in [1.29, 1.82) is 0 Å². The van der Waals surface area contributed by atoms with Crippen molar-refractivity contribution in [2.45, 2.75) is 56.8 Å². The number of ether oxygens (including phenoxy) is 2. The van der Waals surface area contributed by atoms with Gasteiger partial charge in [-0.3, -0.25) is 9.59 Å². The lowest BCUT2D eigenvalue weighted by molar-refractivity contribution is -0.143. The highest BCUT2D eigenvalue weighted by Gasteiger charge is 2.41. The van der Waals surface area contributed by atoms with E-state index in [0.29, 0.717) is 23.8 Å². The molecule has 0 unspecified atom stereocenters. The number of nitrogens with one attached hydrogen (secondary N) is 1. The highest BCUT2D eigenvalue weighted by Crippen LogP contribution is 2.32. The Kier molecular flexibility index (Phi) is 10.6. The Hall–Kier alpha value is -1.69. The maximum atomic E-state index is 13.1. The van der Waals surface area contributed by atoms with E-state index in [0.717, 1.165) is 29.3 Å². The molecular formula is C25H35IN2O6. The van der Waals surface area contributed by atoms with Crippen molar-refractivity contribution in [3.05, 3.63) is 39.5 Å². The quantitative estimate of drug-likeness (QED) is 0.364. The molecule has 3 rings (SSSR count). The van der Waals surface area contributed by atoms with Crippen molar-refractivity contribution in [1.82, 2.24) is 10.2 Å². The lowest BCUT2D eigenvalue weighted by atomic mass is 9.85. The van der Waals surface area contributed by atoms with E-state index in [1.807, 2.05) is 24.3 Å². The number of hydrogen-bond acceptors (Lipinski definition) is 6. The first-order valence-corrected chi connectivity index (χ1v) is 13.0. The Morgan fingerprint density at radius 3 is 2.62 bits per heavy atom. The van der Waals surface area contributed by atoms with Crippen LogP contribution in [0.1, 0.15) is 38.5 Å². The summed E-state index contributed by atoms with van der Waals surface area (Å²) in [6, 6.07) is 6.83. The lowest BCUT2D eigenvalue weighted by Gasteiger charge is -2.42. The number of halogens is 1. The van der Waals surface area contributed by atoms with Gasteiger partial charge in [-0.05, 0) is 59.6 Å². The second-order valence-electron chi connectivity index (χ2n) is 8.93. The van der Waals surface area contributed by atoms with Gasteiger partial charge in [-0.15, -0.1) is 0 Å². The van der Waals surface area contributed by atoms with Crippen molar-refractivity contribution >= 4 is 34.4 Å². The van der Waals surface area contributed by atoms with Gasteiger partial charge in [0.25, 0.3) is 0 Å². The molecule has 0 aromatic heterocycles. The summed E-state index contributed by atoms with van der Waals surface area (Å²) in [6.07, 6.45) is 5.57. The first-order valence-electron chi connectivity index (χ1n) is 11.9. The van der Waals surface area contributed by atoms with Crippen LogP contribution in [0.15, 0.2) is 35.9 Å². The Labute approximate surface area is 214 Å². The summed E-state index contributed by atoms with van der Waals surface area (Å²) in [5.41, 5.74) is 0.429. The van der Waals surface area contributed by atoms with Crippen LogP contribution < -0.4 is 10.1 Å². The molecule has 8 nitrogen and oxygen atoms in total. The summed E-state index contributed by atoms with van der Waals surface area (Å²) in [5.74, 6) is 0.413. The number of aliphatic hydroxyl groups excluding tert-OH is 2. The van der Waals surface area contributed by atoms with Gasteiger partial charge < -0.3 is 29.9 Å². The number of benzene rings is 1. The molecule has 0 aliphatic heterocycles. The number of nitrogens with zero attached hydrogens (tertiary/aromatic N) is 1. The van der Waals surface area contributed by atoms with Crippen LogP contribution in [0, 0.1) is 9.49 Å². The number of para-hydroxylation sites is 1. The van der Waals surface area contributed by atoms with Gasteiger partial charge in [0.15, 0.2) is 0 Å². The second-order valence-corrected chi connectivity index (χ2v) is 10.1. The molecule has 0 saturated heterocycles. The van der Waals surface area contributed by atoms with Crippen LogP contribution >= 0.6 is 22.6 Å². The zero-order valence-electron chi connectivity index (χ0n) is 19.6. The van der Waals surface area contributed by atoms with Crippen LogP contribution in [0.25, 0.3) is 0 Å². The number of hydrogen-bond donors (Lipinski definition) is 3. The molecule has 1 aromatic rings. The molecule has 0 bridgehead atoms. The van der Waals surface area contributed by atoms with Crippen molar-refractivity contribution < 1.29 is 29.3 Å². The number of carbonyl (C=O) groups excluding carboxylic acids is 2. The smallest absolute Gasteiger partial charge is 0.248 e. The average molecular weight is 586 g/mol. The highest BCUT2D eigenvalue weighted by molar-refractivity contribution is 14.1. The number of carbonyl (C=O) groups is 2. The van der Waals surface area contributed by atoms with E-state index in [9.17, 15) is 14.7 Å². The van der Waals surface area contributed by atoms with Gasteiger partial charge in [0.2, 0.25) is 11.8 Å². The summed E-state index contributed by atoms with van der Waals surface area (Å²) in [5, 5.41) is 23.2. The van der Waals surface area contributed by atoms with Crippen LogP contribution in [0.3, 0.4) is 0 Å². The van der Waals surface area contributed by atoms with E-state index < -0.39 is 18.2 Å². The molecule has 2 amide bonds. The number of methoxy groups -OCH3 is 1. The molecule has 3 atom stereocenters. The third kappa shape index (κ3) is 7.16. The van der Waals surface area contributed by atoms with Crippen LogP contribution in [-0.2, 0) is 14.3 Å². The second kappa shape index (κ2) is 13.4. The van der Waals surface area contributed by atoms with Gasteiger partial charge in [0.05, 0.1) is 16.2 Å². The van der Waals surface area contributed by atoms with Crippen molar-refractivity contribution in [3.63, 3.8) is 0 Å². The van der Waals surface area contributed by atoms with Crippen LogP contribution in [0.2, 0.25) is 0 Å². The predicted molar refractivity (Wildman–Crippen MR) is 136 cm³/mol. The first kappa shape index (κ1) is 26.9. The van der Waals surface area contributed by atoms with Crippen LogP contribution in [-0.4, -0.2) is 78.6 Å². The molecule has 0 heterocycles. The molecule has 3 N–H and O–H groups in total. The van der Waals surface area contributed by atoms with E-state index in [-0.39, 0.29) is 38.0 Å². The molecule has 2 aliphatic rings. The summed E-state index contributed by atoms with van der Waals surface area (Å²) < 4.78 is 12.2. The standard InChI is InChI=1S/C25H35IN2O6/c1-33-16-23(30)28(15-17-7-3-2-4-8-17)20-13-18(25(32)27-11-12-29)14-22(24(20)31)34-21-10-6-5-9-19(21)26/h5-6,9-10,14,17,20,22,24,29,31H,2-4,7-8,11-13,15-16H2,1H3,(H,27,32)/t20-,22+,24+/m1/s1. The fourth-order valence-electron chi connectivity index (χ4n) is 4.74. The zero-order chi connectivity index (χ0) is 24.5. The highest BCUT2D eigenvalue weighted by atomic mass is 127. The Balaban J connectivity index is 1.90. The van der Waals surface area contributed by atoms with E-state index in [4.69, 9.17) is 14.6 Å². The lowest BCUT2D eigenvalue weighted by Crippen LogP contribution is -2.56. The van der Waals surface area contributed by atoms with E-state index >= 15 is 0 Å². The molecule has 2 aliphatic carbocycles. The minimum absolute atomic E-state index is 0.0895. The van der Waals surface area contributed by atoms with E-state index in [1.165, 1.54) is 13.5 Å². The average Bonchev–Trinajstić information content (AvgIpc) is 2.84. The first-order chi connectivity index (χ1) is 16.4. The van der Waals surface area contributed by atoms with Crippen molar-refractivity contribution in [2.75, 3.05) is 33.4 Å². The SMILES string of the molecule is COCC(=O)N(CC1CCCCC1)[C@@H]1CC(C(=O)NCCO)=C[C@H](Oc2ccccc2I)[C@H]1O. The van der Waals surface area contributed by atoms with Gasteiger partial charge in [0, 0.05) is 32.2 Å². The molecule has 0 radical (unpaired) electrons. The molecule has 188 valence electrons. The van der Waals surface area contributed by atoms with Crippen molar-refractivity contribution in [2.24, 2.45) is 5.92 Å². The van der Waals surface area contributed by atoms with Gasteiger partial charge in [-0.1, -0.05) is 31.4 Å². The Morgan fingerprint density at radius 2 is 1.94 bits per heavy atom. The Bertz CT molecular complexity index is 858. The molecule has 1 aromatic carbocycles. The van der Waals surface area contributed by atoms with Crippen molar-refractivity contribution in [3.8, 4) is 5.75 Å². The predicted octanol–water partition coefficient (Wildman–Crippen LogP) is 2.26. The molecule has 0 spiro atoms. The maximum Gasteiger partial charge on any atom is 0.248 e. The number of amides is 2. The number of rotatable bonds is 10. The summed E-state index contributed by atoms with van der Waals surface area (Å²) in [4.78, 5) is 27.6. The topological polar surface area (TPSA) is 108 Å². The minimum Gasteiger partial charge on any atom is -0.482 e. The third-order valence-corrected chi connectivity index (χ3v) is 7.37. The van der Waals surface area contributed by atoms with Gasteiger partial charge in [-0.25, -0.2) is 0 Å². The van der Waals surface area contributed by atoms with E-state index in [1.54, 1.807) is 11.0 Å². The van der Waals surface area contributed by atoms with Crippen LogP contribution in [0.4, 0.5) is 0 Å². The van der Waals surface area contributed by atoms with Gasteiger partial charge in [0.1, 0.15) is 24.6 Å². The molecule has 9 heteroatoms. The number of aliphatic hydroxyl groups is 2. The zero-order valence-corrected chi connectivity index (χ0v) is 21.8. The molecular weight excluding hydrogens is 551 g/mol. The maximum absolute atomic E-state index is 13.1. The summed E-state index contributed by atoms with van der Waals surface area (Å²) >= 11 is 2.16. The Morgan fingerprint density at radius 1 is 1.21 bits per heavy atom. The van der Waals surface area contributed by atoms with Gasteiger partial charge >= 0.3 is 0 Å². The molecule has 34 heavy (non-hydrogen) atoms. The van der Waals surface area contributed by atoms with E-state index in [2.05, 4.69) is 27.9 Å². The third-order valence-electron chi connectivity index (χ3n) is 6.48. The molecule has 1 fully saturated rings. The summed E-state index contributed by atoms with van der Waals surface area (Å²) in [7, 11) is 1.48. The van der Waals surface area contributed by atoms with Crippen LogP contribution in [0.5, 0.6) is 5.75 Å². The fraction of sp³-hybridized carbons (Fsp3) is 0.600. The fourth-order valence-corrected chi connectivity index (χ4v) is 5.26. The monoisotopic (exact) mass is 586 g/mol. The normalized spacial score (nSPS) is 23.2. The molecule has 1 saturated carbocycles.